The zero-order chi connectivity index (χ0) is 16.1. The smallest absolute Gasteiger partial charge is 0.194 e. The lowest BCUT2D eigenvalue weighted by Crippen LogP contribution is -2.38. The summed E-state index contributed by atoms with van der Waals surface area (Å²) in [5.74, 6) is 0.608. The van der Waals surface area contributed by atoms with Gasteiger partial charge in [-0.05, 0) is 31.0 Å². The molecule has 1 aromatic carbocycles. The highest BCUT2D eigenvalue weighted by molar-refractivity contribution is 7.09. The van der Waals surface area contributed by atoms with Crippen molar-refractivity contribution in [3.63, 3.8) is 0 Å². The summed E-state index contributed by atoms with van der Waals surface area (Å²) in [6.45, 7) is 5.07. The number of rotatable bonds is 4. The van der Waals surface area contributed by atoms with Gasteiger partial charge in [0.2, 0.25) is 0 Å². The van der Waals surface area contributed by atoms with Crippen LogP contribution in [0.2, 0.25) is 0 Å². The van der Waals surface area contributed by atoms with Gasteiger partial charge in [-0.25, -0.2) is 9.37 Å². The average Bonchev–Trinajstić information content (AvgIpc) is 2.88. The predicted molar refractivity (Wildman–Crippen MR) is 89.7 cm³/mol. The van der Waals surface area contributed by atoms with Gasteiger partial charge in [0.15, 0.2) is 5.96 Å². The number of aryl methyl sites for hydroxylation is 2. The number of aliphatic imine (C=N–C) groups is 1. The molecule has 0 saturated carbocycles. The molecule has 0 aliphatic heterocycles. The van der Waals surface area contributed by atoms with Crippen molar-refractivity contribution in [2.24, 2.45) is 4.99 Å². The van der Waals surface area contributed by atoms with Crippen LogP contribution in [0.5, 0.6) is 0 Å². The fourth-order valence-electron chi connectivity index (χ4n) is 2.18. The molecule has 4 nitrogen and oxygen atoms in total. The lowest BCUT2D eigenvalue weighted by Gasteiger charge is -2.21. The third-order valence-electron chi connectivity index (χ3n) is 3.31. The molecule has 0 aliphatic rings. The van der Waals surface area contributed by atoms with Gasteiger partial charge in [0, 0.05) is 26.0 Å². The third kappa shape index (κ3) is 4.27. The van der Waals surface area contributed by atoms with Crippen LogP contribution in [0.4, 0.5) is 4.39 Å². The molecule has 0 radical (unpaired) electrons. The van der Waals surface area contributed by atoms with E-state index in [4.69, 9.17) is 0 Å². The van der Waals surface area contributed by atoms with E-state index in [0.717, 1.165) is 22.2 Å². The second kappa shape index (κ2) is 7.35. The Labute approximate surface area is 134 Å². The van der Waals surface area contributed by atoms with Crippen LogP contribution in [0.25, 0.3) is 0 Å². The first-order valence-electron chi connectivity index (χ1n) is 7.07. The zero-order valence-electron chi connectivity index (χ0n) is 13.4. The lowest BCUT2D eigenvalue weighted by atomic mass is 10.1. The van der Waals surface area contributed by atoms with Gasteiger partial charge in [0.1, 0.15) is 5.82 Å². The van der Waals surface area contributed by atoms with Crippen molar-refractivity contribution >= 4 is 17.3 Å². The monoisotopic (exact) mass is 320 g/mol. The van der Waals surface area contributed by atoms with E-state index in [1.165, 1.54) is 6.07 Å². The van der Waals surface area contributed by atoms with Crippen molar-refractivity contribution in [3.8, 4) is 0 Å². The molecule has 0 saturated heterocycles. The Balaban J connectivity index is 1.95. The first kappa shape index (κ1) is 16.4. The van der Waals surface area contributed by atoms with Gasteiger partial charge >= 0.3 is 0 Å². The minimum absolute atomic E-state index is 0.177. The predicted octanol–water partition coefficient (Wildman–Crippen LogP) is 3.11. The van der Waals surface area contributed by atoms with Crippen LogP contribution in [-0.2, 0) is 13.1 Å². The maximum absolute atomic E-state index is 13.3. The molecule has 0 spiro atoms. The number of aromatic nitrogens is 1. The lowest BCUT2D eigenvalue weighted by molar-refractivity contribution is 0.470. The Morgan fingerprint density at radius 1 is 1.41 bits per heavy atom. The average molecular weight is 320 g/mol. The topological polar surface area (TPSA) is 40.5 Å². The minimum Gasteiger partial charge on any atom is -0.352 e. The molecule has 2 rings (SSSR count). The highest BCUT2D eigenvalue weighted by Crippen LogP contribution is 2.11. The maximum atomic E-state index is 13.3. The summed E-state index contributed by atoms with van der Waals surface area (Å²) in [5, 5.41) is 6.41. The first-order chi connectivity index (χ1) is 10.5. The van der Waals surface area contributed by atoms with Crippen LogP contribution in [0.15, 0.2) is 28.6 Å². The molecule has 1 aromatic heterocycles. The first-order valence-corrected chi connectivity index (χ1v) is 7.95. The van der Waals surface area contributed by atoms with Crippen LogP contribution in [0.1, 0.15) is 21.8 Å². The summed E-state index contributed by atoms with van der Waals surface area (Å²) in [6.07, 6.45) is 0. The Bertz CT molecular complexity index is 666. The minimum atomic E-state index is -0.177. The number of nitrogens with one attached hydrogen (secondary N) is 1. The summed E-state index contributed by atoms with van der Waals surface area (Å²) in [4.78, 5) is 10.8. The van der Waals surface area contributed by atoms with E-state index < -0.39 is 0 Å². The Morgan fingerprint density at radius 3 is 2.77 bits per heavy atom. The highest BCUT2D eigenvalue weighted by atomic mass is 32.1. The molecule has 6 heteroatoms. The van der Waals surface area contributed by atoms with Crippen molar-refractivity contribution < 1.29 is 4.39 Å². The van der Waals surface area contributed by atoms with E-state index in [2.05, 4.69) is 20.7 Å². The standard InChI is InChI=1S/C16H21FN4S/c1-11-7-13(5-6-15(11)17)8-19-16(18-3)21(4)9-14-10-22-12(2)20-14/h5-7,10H,8-9H2,1-4H3,(H,18,19). The zero-order valence-corrected chi connectivity index (χ0v) is 14.2. The molecule has 22 heavy (non-hydrogen) atoms. The van der Waals surface area contributed by atoms with Gasteiger partial charge in [-0.3, -0.25) is 4.99 Å². The molecule has 0 atom stereocenters. The summed E-state index contributed by atoms with van der Waals surface area (Å²) in [5.41, 5.74) is 2.71. The van der Waals surface area contributed by atoms with Crippen molar-refractivity contribution in [1.82, 2.24) is 15.2 Å². The fraction of sp³-hybridized carbons (Fsp3) is 0.375. The molecule has 0 aliphatic carbocycles. The molecule has 2 aromatic rings. The number of guanidine groups is 1. The van der Waals surface area contributed by atoms with Crippen molar-refractivity contribution in [2.45, 2.75) is 26.9 Å². The van der Waals surface area contributed by atoms with Crippen LogP contribution in [0.3, 0.4) is 0 Å². The SMILES string of the molecule is CN=C(NCc1ccc(F)c(C)c1)N(C)Cc1csc(C)n1. The molecule has 0 unspecified atom stereocenters. The molecule has 1 heterocycles. The Hall–Kier alpha value is -1.95. The summed E-state index contributed by atoms with van der Waals surface area (Å²) < 4.78 is 13.3. The Kier molecular flexibility index (Phi) is 5.49. The van der Waals surface area contributed by atoms with Crippen molar-refractivity contribution in [1.29, 1.82) is 0 Å². The fourth-order valence-corrected chi connectivity index (χ4v) is 2.79. The number of hydrogen-bond donors (Lipinski definition) is 1. The van der Waals surface area contributed by atoms with E-state index in [9.17, 15) is 4.39 Å². The molecular formula is C16H21FN4S. The molecule has 118 valence electrons. The molecule has 0 amide bonds. The van der Waals surface area contributed by atoms with Gasteiger partial charge in [-0.2, -0.15) is 0 Å². The van der Waals surface area contributed by atoms with E-state index in [0.29, 0.717) is 18.7 Å². The second-order valence-electron chi connectivity index (χ2n) is 5.20. The van der Waals surface area contributed by atoms with E-state index in [-0.39, 0.29) is 5.82 Å². The van der Waals surface area contributed by atoms with Crippen LogP contribution in [-0.4, -0.2) is 29.9 Å². The number of benzene rings is 1. The molecule has 0 fully saturated rings. The van der Waals surface area contributed by atoms with Gasteiger partial charge < -0.3 is 10.2 Å². The third-order valence-corrected chi connectivity index (χ3v) is 4.13. The van der Waals surface area contributed by atoms with Crippen LogP contribution >= 0.6 is 11.3 Å². The van der Waals surface area contributed by atoms with Gasteiger partial charge in [0.05, 0.1) is 17.2 Å². The number of thiazole rings is 1. The normalized spacial score (nSPS) is 11.6. The summed E-state index contributed by atoms with van der Waals surface area (Å²) >= 11 is 1.65. The number of nitrogens with zero attached hydrogens (tertiary/aromatic N) is 3. The van der Waals surface area contributed by atoms with E-state index in [1.807, 2.05) is 24.9 Å². The second-order valence-corrected chi connectivity index (χ2v) is 6.26. The van der Waals surface area contributed by atoms with Gasteiger partial charge in [0.25, 0.3) is 0 Å². The summed E-state index contributed by atoms with van der Waals surface area (Å²) in [6, 6.07) is 5.13. The highest BCUT2D eigenvalue weighted by Gasteiger charge is 2.09. The van der Waals surface area contributed by atoms with Crippen molar-refractivity contribution in [2.75, 3.05) is 14.1 Å². The largest absolute Gasteiger partial charge is 0.352 e. The molecule has 0 bridgehead atoms. The summed E-state index contributed by atoms with van der Waals surface area (Å²) in [7, 11) is 3.72. The molecular weight excluding hydrogens is 299 g/mol. The molecule has 1 N–H and O–H groups in total. The van der Waals surface area contributed by atoms with Crippen molar-refractivity contribution in [3.05, 3.63) is 51.2 Å². The number of hydrogen-bond acceptors (Lipinski definition) is 3. The van der Waals surface area contributed by atoms with Crippen LogP contribution in [0, 0.1) is 19.7 Å². The van der Waals surface area contributed by atoms with Gasteiger partial charge in [-0.1, -0.05) is 12.1 Å². The van der Waals surface area contributed by atoms with Crippen LogP contribution < -0.4 is 5.32 Å². The van der Waals surface area contributed by atoms with E-state index in [1.54, 1.807) is 31.4 Å². The van der Waals surface area contributed by atoms with Gasteiger partial charge in [-0.15, -0.1) is 11.3 Å². The number of halogens is 1. The Morgan fingerprint density at radius 2 is 2.18 bits per heavy atom. The van der Waals surface area contributed by atoms with E-state index >= 15 is 0 Å². The maximum Gasteiger partial charge on any atom is 0.194 e. The quantitative estimate of drug-likeness (QED) is 0.695.